The summed E-state index contributed by atoms with van der Waals surface area (Å²) in [6, 6.07) is -22.7. The lowest BCUT2D eigenvalue weighted by atomic mass is 9.77. The van der Waals surface area contributed by atoms with Crippen LogP contribution in [0.15, 0.2) is 0 Å². The van der Waals surface area contributed by atoms with Gasteiger partial charge in [0.05, 0.1) is 52.0 Å². The number of unbranched alkanes of at least 4 members (excludes halogenated alkanes) is 1. The third kappa shape index (κ3) is 41.0. The number of carboxylic acid groups (broad SMARTS) is 5. The number of hydrogen-bond acceptors (Lipinski definition) is 30. The maximum atomic E-state index is 15.8. The predicted molar refractivity (Wildman–Crippen MR) is 506 cm³/mol. The van der Waals surface area contributed by atoms with Gasteiger partial charge in [-0.2, -0.15) is 0 Å². The molecule has 0 bridgehead atoms. The van der Waals surface area contributed by atoms with E-state index >= 15 is 38.4 Å². The van der Waals surface area contributed by atoms with E-state index in [2.05, 4.69) is 74.4 Å². The normalized spacial score (nSPS) is 25.0. The van der Waals surface area contributed by atoms with E-state index in [1.54, 1.807) is 33.4 Å². The number of rotatable bonds is 43. The number of aliphatic hydroxyl groups excluding tert-OH is 1. The summed E-state index contributed by atoms with van der Waals surface area (Å²) in [7, 11) is 1.37. The Balaban J connectivity index is 1.31. The Kier molecular flexibility index (Phi) is 49.4. The summed E-state index contributed by atoms with van der Waals surface area (Å²) in [5.41, 5.74) is 17.1. The van der Waals surface area contributed by atoms with Crippen LogP contribution in [0.2, 0.25) is 0 Å². The third-order valence-corrected chi connectivity index (χ3v) is 28.8. The van der Waals surface area contributed by atoms with Crippen LogP contribution in [0.4, 0.5) is 0 Å². The summed E-state index contributed by atoms with van der Waals surface area (Å²) in [5, 5.41) is 96.7. The molecule has 16 atom stereocenters. The molecular formula is C89H144N22O28S2. The molecule has 3 unspecified atom stereocenters. The second kappa shape index (κ2) is 59.6. The highest BCUT2D eigenvalue weighted by atomic mass is 33.1. The van der Waals surface area contributed by atoms with Crippen molar-refractivity contribution in [3.8, 4) is 0 Å². The van der Waals surface area contributed by atoms with Gasteiger partial charge >= 0.3 is 29.8 Å². The minimum Gasteiger partial charge on any atom is -0.481 e. The lowest BCUT2D eigenvalue weighted by molar-refractivity contribution is -0.142. The molecule has 3 aliphatic carbocycles. The maximum absolute atomic E-state index is 15.8. The van der Waals surface area contributed by atoms with Gasteiger partial charge in [-0.05, 0) is 120 Å². The first-order valence-electron chi connectivity index (χ1n) is 48.6. The molecule has 0 aromatic heterocycles. The van der Waals surface area contributed by atoms with Gasteiger partial charge in [-0.3, -0.25) is 125 Å². The largest absolute Gasteiger partial charge is 0.481 e. The van der Waals surface area contributed by atoms with Crippen LogP contribution in [0.1, 0.15) is 194 Å². The van der Waals surface area contributed by atoms with E-state index in [-0.39, 0.29) is 141 Å². The van der Waals surface area contributed by atoms with E-state index in [9.17, 15) is 97.8 Å². The minimum atomic E-state index is -2.20. The monoisotopic (exact) mass is 2030 g/mol. The molecule has 790 valence electrons. The molecule has 7 fully saturated rings. The molecule has 0 aromatic rings. The molecule has 0 radical (unpaired) electrons. The fourth-order valence-electron chi connectivity index (χ4n) is 19.0. The number of primary amides is 3. The Morgan fingerprint density at radius 1 is 0.461 bits per heavy atom. The van der Waals surface area contributed by atoms with Crippen molar-refractivity contribution in [3.05, 3.63) is 0 Å². The second-order valence-electron chi connectivity index (χ2n) is 37.9. The molecular weight excluding hydrogens is 1890 g/mol. The highest BCUT2D eigenvalue weighted by molar-refractivity contribution is 8.76. The number of carboxylic acids is 5. The first kappa shape index (κ1) is 117. The van der Waals surface area contributed by atoms with Crippen LogP contribution >= 0.6 is 21.6 Å². The van der Waals surface area contributed by atoms with Crippen molar-refractivity contribution in [1.29, 1.82) is 0 Å². The van der Waals surface area contributed by atoms with Crippen LogP contribution < -0.4 is 91.6 Å². The van der Waals surface area contributed by atoms with Crippen molar-refractivity contribution in [2.24, 2.45) is 46.8 Å². The number of carbonyl (C=O) groups excluding carboxylic acids is 17. The molecule has 4 heterocycles. The number of hydrogen-bond donors (Lipinski definition) is 23. The van der Waals surface area contributed by atoms with Gasteiger partial charge in [0.15, 0.2) is 0 Å². The zero-order valence-corrected chi connectivity index (χ0v) is 81.9. The van der Waals surface area contributed by atoms with Crippen LogP contribution in [0.5, 0.6) is 0 Å². The van der Waals surface area contributed by atoms with Gasteiger partial charge in [0.1, 0.15) is 78.5 Å². The van der Waals surface area contributed by atoms with Crippen LogP contribution in [0.3, 0.4) is 0 Å². The zero-order valence-electron chi connectivity index (χ0n) is 80.2. The number of amides is 17. The number of carbonyl (C=O) groups is 22. The number of aliphatic carboxylic acids is 5. The summed E-state index contributed by atoms with van der Waals surface area (Å²) in [5.74, 6) is -27.5. The van der Waals surface area contributed by atoms with Gasteiger partial charge < -0.3 is 127 Å². The molecule has 141 heavy (non-hydrogen) atoms. The van der Waals surface area contributed by atoms with Gasteiger partial charge in [0, 0.05) is 96.3 Å². The van der Waals surface area contributed by atoms with Crippen LogP contribution in [-0.2, 0) is 105 Å². The Morgan fingerprint density at radius 2 is 0.957 bits per heavy atom. The van der Waals surface area contributed by atoms with E-state index in [0.29, 0.717) is 73.1 Å². The summed E-state index contributed by atoms with van der Waals surface area (Å²) >= 11 is 0. The van der Waals surface area contributed by atoms with Gasteiger partial charge in [-0.15, -0.1) is 0 Å². The van der Waals surface area contributed by atoms with Crippen LogP contribution in [-0.4, -0.2) is 386 Å². The third-order valence-electron chi connectivity index (χ3n) is 26.4. The molecule has 7 rings (SSSR count). The predicted octanol–water partition coefficient (Wildman–Crippen LogP) is -6.70. The number of aliphatic hydroxyl groups is 1. The molecule has 3 saturated carbocycles. The molecule has 52 heteroatoms. The van der Waals surface area contributed by atoms with Gasteiger partial charge in [-0.1, -0.05) is 99.6 Å². The van der Waals surface area contributed by atoms with Gasteiger partial charge in [-0.25, -0.2) is 0 Å². The smallest absolute Gasteiger partial charge is 0.317 e. The first-order valence-corrected chi connectivity index (χ1v) is 51.0. The maximum Gasteiger partial charge on any atom is 0.317 e. The molecule has 4 saturated heterocycles. The van der Waals surface area contributed by atoms with Crippen LogP contribution in [0, 0.1) is 29.6 Å². The Bertz CT molecular complexity index is 4330. The number of fused-ring (bicyclic) bond motifs is 1. The quantitative estimate of drug-likeness (QED) is 0.0199. The summed E-state index contributed by atoms with van der Waals surface area (Å²) in [6.07, 6.45) is 4.97. The average molecular weight is 2030 g/mol. The molecule has 0 aromatic carbocycles. The fraction of sp³-hybridized carbons (Fsp3) is 0.753. The highest BCUT2D eigenvalue weighted by Crippen LogP contribution is 2.38. The number of nitrogens with zero attached hydrogens (tertiary/aromatic N) is 5. The van der Waals surface area contributed by atoms with E-state index in [0.717, 1.165) is 56.8 Å². The Morgan fingerprint density at radius 3 is 1.52 bits per heavy atom. The molecule has 26 N–H and O–H groups in total. The van der Waals surface area contributed by atoms with Crippen molar-refractivity contribution < 1.29 is 136 Å². The van der Waals surface area contributed by atoms with Crippen LogP contribution in [0.25, 0.3) is 0 Å². The molecule has 17 amide bonds. The summed E-state index contributed by atoms with van der Waals surface area (Å²) in [4.78, 5) is 314. The Hall–Kier alpha value is -11.2. The lowest BCUT2D eigenvalue weighted by Gasteiger charge is -2.32. The van der Waals surface area contributed by atoms with Gasteiger partial charge in [0.2, 0.25) is 100 Å². The summed E-state index contributed by atoms with van der Waals surface area (Å²) in [6.45, 7) is 2.37. The Labute approximate surface area is 824 Å². The van der Waals surface area contributed by atoms with Crippen molar-refractivity contribution in [1.82, 2.24) is 98.9 Å². The molecule has 0 spiro atoms. The summed E-state index contributed by atoms with van der Waals surface area (Å²) < 4.78 is 0. The van der Waals surface area contributed by atoms with E-state index in [1.165, 1.54) is 0 Å². The number of nitrogens with one attached hydrogen (secondary N) is 14. The first-order chi connectivity index (χ1) is 66.9. The van der Waals surface area contributed by atoms with E-state index in [1.807, 2.05) is 0 Å². The van der Waals surface area contributed by atoms with Crippen molar-refractivity contribution in [2.75, 3.05) is 116 Å². The second-order valence-corrected chi connectivity index (χ2v) is 40.5. The molecule has 4 aliphatic heterocycles. The van der Waals surface area contributed by atoms with Crippen molar-refractivity contribution >= 4 is 152 Å². The number of likely N-dealkylation sites (tertiary alicyclic amines) is 1. The van der Waals surface area contributed by atoms with E-state index in [4.69, 9.17) is 17.2 Å². The zero-order chi connectivity index (χ0) is 104. The van der Waals surface area contributed by atoms with Gasteiger partial charge in [0.25, 0.3) is 0 Å². The minimum absolute atomic E-state index is 0.00366. The lowest BCUT2D eigenvalue weighted by Crippen LogP contribution is -2.61. The van der Waals surface area contributed by atoms with Crippen molar-refractivity contribution in [2.45, 2.75) is 279 Å². The average Bonchev–Trinajstić information content (AvgIpc) is 1.64. The number of nitrogens with two attached hydrogens (primary N) is 3. The fourth-order valence-corrected chi connectivity index (χ4v) is 21.3. The molecule has 50 nitrogen and oxygen atoms in total. The SMILES string of the molecule is CC(=O)N[C@H](C(=O)N[C@@H](CO)C(=O)N[C@@H](CC(=O)O)C(=O)N[C@H]1CSSC[C@@H](C(=O)N2CCC[C@H]2C(=O)N[C@@H](CC2CCCCC2)C(=O)N[C@@H](CC(=O)O)C(N)=O)NC(=O)[C@H](CC(N)=O)NC(=O)[C@H](CC2CNC3CCCCC23)NC(=O)[C@H](CCC(N)=O)NC(=O)[C@H](CC(C)C)NC(=O)[C@H](CCCCNC(=O)CN2CCN(CC(=O)O)CCN(CC(=O)O)CCN(CC(=O)O)CC2)NC1=O)C1CCCCC1. The van der Waals surface area contributed by atoms with Crippen molar-refractivity contribution in [3.63, 3.8) is 0 Å². The van der Waals surface area contributed by atoms with E-state index < -0.39 is 297 Å². The standard InChI is InChI=1S/C89H144N22O28S2/c1-49(2)35-59-80(130)97-57(23-24-68(90)114)79(129)100-61(37-53-41-94-55-20-11-10-19-54(53)55)82(132)101-62(38-69(91)115)83(133)106-66(89(139)111-26-14-22-67(111)87(137)103-60(36-51-15-6-4-7-16-51)81(131)98-58(77(92)127)39-71(117)118)48-141-140-47-65(105-84(134)63(40-72(119)120)102-85(135)64(46-112)104-88(138)76(95-50(3)113)52-17-8-5-9-18-52)86(136)96-56(78(128)99-59)21-12-13-25-93-70(116)42-107-27-29-108(43-73(121)122)31-33-110(45-75(125)126)34-32-109(30-28-107)44-74(123)124/h49,51-67,76,94,112H,4-48H2,1-3H3,(H2,90,114)(H2,91,115)(H2,92,127)(H,93,116)(H,95,113)(H,96,136)(H,97,130)(H,98,131)(H,99,128)(H,100,129)(H,101,132)(H,102,135)(H,103,137)(H,104,138)(H,105,134)(H,106,133)(H,117,118)(H,119,120)(H,121,122)(H,123,124)(H,125,126)/t53?,54?,55?,56-,57-,58-,59-,60-,61-,62-,63-,64-,65-,66-,67-,76-/m0/s1. The molecule has 7 aliphatic rings. The topological polar surface area (TPSA) is 760 Å². The highest BCUT2D eigenvalue weighted by Gasteiger charge is 2.46.